The van der Waals surface area contributed by atoms with Gasteiger partial charge in [0.1, 0.15) is 0 Å². The van der Waals surface area contributed by atoms with E-state index in [-0.39, 0.29) is 5.91 Å². The van der Waals surface area contributed by atoms with Gasteiger partial charge in [-0.05, 0) is 6.42 Å². The summed E-state index contributed by atoms with van der Waals surface area (Å²) in [6.07, 6.45) is 5.47. The van der Waals surface area contributed by atoms with E-state index in [4.69, 9.17) is 0 Å². The summed E-state index contributed by atoms with van der Waals surface area (Å²) in [6.45, 7) is 2.75. The van der Waals surface area contributed by atoms with E-state index in [9.17, 15) is 9.59 Å². The molecule has 0 saturated heterocycles. The molecule has 1 N–H and O–H groups in total. The molecular weight excluding hydrogens is 182 g/mol. The van der Waals surface area contributed by atoms with E-state index in [1.54, 1.807) is 0 Å². The maximum absolute atomic E-state index is 11.0. The summed E-state index contributed by atoms with van der Waals surface area (Å²) in [7, 11) is 1.27. The molecule has 0 saturated carbocycles. The Labute approximate surface area is 84.3 Å². The molecule has 4 heteroatoms. The number of hydrogen-bond acceptors (Lipinski definition) is 3. The largest absolute Gasteiger partial charge is 0.466 e. The van der Waals surface area contributed by atoms with Crippen LogP contribution in [-0.2, 0) is 14.3 Å². The van der Waals surface area contributed by atoms with Gasteiger partial charge in [-0.15, -0.1) is 0 Å². The second-order valence-corrected chi connectivity index (χ2v) is 2.85. The van der Waals surface area contributed by atoms with Gasteiger partial charge in [0.25, 0.3) is 0 Å². The van der Waals surface area contributed by atoms with E-state index in [0.29, 0.717) is 6.54 Å². The van der Waals surface area contributed by atoms with Gasteiger partial charge in [0.2, 0.25) is 5.91 Å². The lowest BCUT2D eigenvalue weighted by Gasteiger charge is -1.99. The number of nitrogens with one attached hydrogen (secondary N) is 1. The van der Waals surface area contributed by atoms with Crippen LogP contribution >= 0.6 is 0 Å². The first-order valence-corrected chi connectivity index (χ1v) is 4.74. The molecule has 14 heavy (non-hydrogen) atoms. The molecule has 0 bridgehead atoms. The summed E-state index contributed by atoms with van der Waals surface area (Å²) in [5.41, 5.74) is 0. The van der Waals surface area contributed by atoms with Crippen molar-refractivity contribution in [1.29, 1.82) is 0 Å². The van der Waals surface area contributed by atoms with Gasteiger partial charge in [-0.1, -0.05) is 19.8 Å². The highest BCUT2D eigenvalue weighted by atomic mass is 16.5. The van der Waals surface area contributed by atoms with E-state index < -0.39 is 5.97 Å². The van der Waals surface area contributed by atoms with Crippen LogP contribution in [0.4, 0.5) is 0 Å². The number of methoxy groups -OCH3 is 1. The zero-order valence-electron chi connectivity index (χ0n) is 8.71. The van der Waals surface area contributed by atoms with Crippen LogP contribution in [0.5, 0.6) is 0 Å². The van der Waals surface area contributed by atoms with Gasteiger partial charge in [-0.3, -0.25) is 4.79 Å². The quantitative estimate of drug-likeness (QED) is 0.395. The van der Waals surface area contributed by atoms with E-state index in [0.717, 1.165) is 25.3 Å². The zero-order chi connectivity index (χ0) is 10.8. The van der Waals surface area contributed by atoms with Crippen molar-refractivity contribution in [3.63, 3.8) is 0 Å². The van der Waals surface area contributed by atoms with Crippen molar-refractivity contribution in [3.05, 3.63) is 12.2 Å². The van der Waals surface area contributed by atoms with Crippen LogP contribution < -0.4 is 5.32 Å². The number of ether oxygens (including phenoxy) is 1. The van der Waals surface area contributed by atoms with Crippen LogP contribution in [0.2, 0.25) is 0 Å². The molecular formula is C10H17NO3. The molecule has 0 aliphatic rings. The third-order valence-corrected chi connectivity index (χ3v) is 1.65. The highest BCUT2D eigenvalue weighted by Crippen LogP contribution is 1.91. The SMILES string of the molecule is CCCCCNC(=O)/C=C\C(=O)OC. The number of unbranched alkanes of at least 4 members (excludes halogenated alkanes) is 2. The first-order valence-electron chi connectivity index (χ1n) is 4.74. The summed E-state index contributed by atoms with van der Waals surface area (Å²) in [6, 6.07) is 0. The third kappa shape index (κ3) is 7.34. The number of rotatable bonds is 6. The van der Waals surface area contributed by atoms with Gasteiger partial charge >= 0.3 is 5.97 Å². The molecule has 0 aromatic rings. The number of carbonyl (C=O) groups is 2. The van der Waals surface area contributed by atoms with Crippen LogP contribution in [0.3, 0.4) is 0 Å². The van der Waals surface area contributed by atoms with Gasteiger partial charge in [-0.25, -0.2) is 4.79 Å². The molecule has 0 rings (SSSR count). The first kappa shape index (κ1) is 12.7. The van der Waals surface area contributed by atoms with E-state index in [1.807, 2.05) is 0 Å². The van der Waals surface area contributed by atoms with E-state index in [2.05, 4.69) is 17.0 Å². The lowest BCUT2D eigenvalue weighted by atomic mass is 10.2. The lowest BCUT2D eigenvalue weighted by Crippen LogP contribution is -2.22. The number of esters is 1. The Hall–Kier alpha value is -1.32. The number of carbonyl (C=O) groups excluding carboxylic acids is 2. The van der Waals surface area contributed by atoms with Crippen molar-refractivity contribution in [2.24, 2.45) is 0 Å². The van der Waals surface area contributed by atoms with Crippen molar-refractivity contribution >= 4 is 11.9 Å². The number of hydrogen-bond donors (Lipinski definition) is 1. The standard InChI is InChI=1S/C10H17NO3/c1-3-4-5-8-11-9(12)6-7-10(13)14-2/h6-7H,3-5,8H2,1-2H3,(H,11,12)/b7-6-. The van der Waals surface area contributed by atoms with Crippen LogP contribution in [-0.4, -0.2) is 25.5 Å². The number of amides is 1. The lowest BCUT2D eigenvalue weighted by molar-refractivity contribution is -0.135. The van der Waals surface area contributed by atoms with Gasteiger partial charge in [-0.2, -0.15) is 0 Å². The molecule has 0 fully saturated rings. The summed E-state index contributed by atoms with van der Waals surface area (Å²) < 4.78 is 4.34. The monoisotopic (exact) mass is 199 g/mol. The highest BCUT2D eigenvalue weighted by molar-refractivity contribution is 5.94. The minimum Gasteiger partial charge on any atom is -0.466 e. The minimum absolute atomic E-state index is 0.258. The topological polar surface area (TPSA) is 55.4 Å². The fourth-order valence-electron chi connectivity index (χ4n) is 0.857. The summed E-state index contributed by atoms with van der Waals surface area (Å²) in [4.78, 5) is 21.6. The molecule has 0 unspecified atom stereocenters. The van der Waals surface area contributed by atoms with Crippen molar-refractivity contribution in [1.82, 2.24) is 5.32 Å². The third-order valence-electron chi connectivity index (χ3n) is 1.65. The maximum atomic E-state index is 11.0. The Morgan fingerprint density at radius 1 is 1.29 bits per heavy atom. The predicted molar refractivity (Wildman–Crippen MR) is 53.7 cm³/mol. The van der Waals surface area contributed by atoms with Crippen molar-refractivity contribution in [3.8, 4) is 0 Å². The Morgan fingerprint density at radius 2 is 2.00 bits per heavy atom. The Balaban J connectivity index is 3.55. The molecule has 0 atom stereocenters. The molecule has 4 nitrogen and oxygen atoms in total. The summed E-state index contributed by atoms with van der Waals surface area (Å²) >= 11 is 0. The van der Waals surface area contributed by atoms with Gasteiger partial charge in [0.05, 0.1) is 7.11 Å². The molecule has 0 aromatic heterocycles. The average Bonchev–Trinajstić information content (AvgIpc) is 2.21. The van der Waals surface area contributed by atoms with E-state index in [1.165, 1.54) is 13.2 Å². The van der Waals surface area contributed by atoms with Gasteiger partial charge in [0, 0.05) is 18.7 Å². The van der Waals surface area contributed by atoms with Crippen LogP contribution in [0, 0.1) is 0 Å². The second-order valence-electron chi connectivity index (χ2n) is 2.85. The van der Waals surface area contributed by atoms with E-state index >= 15 is 0 Å². The van der Waals surface area contributed by atoms with Crippen LogP contribution in [0.25, 0.3) is 0 Å². The highest BCUT2D eigenvalue weighted by Gasteiger charge is 1.96. The van der Waals surface area contributed by atoms with Crippen molar-refractivity contribution < 1.29 is 14.3 Å². The zero-order valence-corrected chi connectivity index (χ0v) is 8.71. The molecule has 80 valence electrons. The van der Waals surface area contributed by atoms with Gasteiger partial charge < -0.3 is 10.1 Å². The minimum atomic E-state index is -0.520. The van der Waals surface area contributed by atoms with Gasteiger partial charge in [0.15, 0.2) is 0 Å². The molecule has 0 aromatic carbocycles. The van der Waals surface area contributed by atoms with Crippen molar-refractivity contribution in [2.45, 2.75) is 26.2 Å². The second kappa shape index (κ2) is 8.29. The summed E-state index contributed by atoms with van der Waals surface area (Å²) in [5, 5.41) is 2.66. The summed E-state index contributed by atoms with van der Waals surface area (Å²) in [5.74, 6) is -0.778. The molecule has 0 spiro atoms. The molecule has 0 radical (unpaired) electrons. The predicted octanol–water partition coefficient (Wildman–Crippen LogP) is 1.02. The van der Waals surface area contributed by atoms with Crippen molar-refractivity contribution in [2.75, 3.05) is 13.7 Å². The smallest absolute Gasteiger partial charge is 0.330 e. The maximum Gasteiger partial charge on any atom is 0.330 e. The molecule has 1 amide bonds. The normalized spacial score (nSPS) is 10.1. The Kier molecular flexibility index (Phi) is 7.50. The Morgan fingerprint density at radius 3 is 2.57 bits per heavy atom. The average molecular weight is 199 g/mol. The molecule has 0 heterocycles. The first-order chi connectivity index (χ1) is 6.70. The molecule has 0 aliphatic carbocycles. The van der Waals surface area contributed by atoms with Crippen LogP contribution in [0.1, 0.15) is 26.2 Å². The molecule has 0 aliphatic heterocycles. The van der Waals surface area contributed by atoms with Crippen LogP contribution in [0.15, 0.2) is 12.2 Å². The Bertz CT molecular complexity index is 211. The fourth-order valence-corrected chi connectivity index (χ4v) is 0.857. The fraction of sp³-hybridized carbons (Fsp3) is 0.600.